The van der Waals surface area contributed by atoms with E-state index in [1.54, 1.807) is 24.3 Å². The van der Waals surface area contributed by atoms with Gasteiger partial charge in [0.1, 0.15) is 6.29 Å². The number of nitrogens with two attached hydrogens (primary N) is 1. The molecular weight excluding hydrogens is 142 g/mol. The number of aliphatic hydroxyl groups is 1. The highest BCUT2D eigenvalue weighted by molar-refractivity contribution is 5.75. The molecule has 0 heterocycles. The molecule has 0 radical (unpaired) electrons. The van der Waals surface area contributed by atoms with Crippen LogP contribution in [0.2, 0.25) is 0 Å². The highest BCUT2D eigenvalue weighted by atomic mass is 16.2. The van der Waals surface area contributed by atoms with Crippen molar-refractivity contribution in [1.82, 2.24) is 0 Å². The van der Waals surface area contributed by atoms with E-state index in [0.717, 1.165) is 13.4 Å². The van der Waals surface area contributed by atoms with E-state index in [4.69, 9.17) is 10.8 Å². The predicted molar refractivity (Wildman–Crippen MR) is 44.4 cm³/mol. The molecular formula is C8H11NO2. The highest BCUT2D eigenvalue weighted by Gasteiger charge is 1.85. The van der Waals surface area contributed by atoms with Gasteiger partial charge in [-0.25, -0.2) is 0 Å². The number of rotatable bonds is 1. The van der Waals surface area contributed by atoms with E-state index in [-0.39, 0.29) is 0 Å². The van der Waals surface area contributed by atoms with E-state index in [9.17, 15) is 4.79 Å². The molecule has 11 heavy (non-hydrogen) atoms. The highest BCUT2D eigenvalue weighted by Crippen LogP contribution is 2.01. The Kier molecular flexibility index (Phi) is 4.77. The van der Waals surface area contributed by atoms with E-state index in [0.29, 0.717) is 11.3 Å². The first-order valence-corrected chi connectivity index (χ1v) is 3.08. The van der Waals surface area contributed by atoms with Gasteiger partial charge in [0.15, 0.2) is 0 Å². The number of benzene rings is 1. The summed E-state index contributed by atoms with van der Waals surface area (Å²) < 4.78 is 0. The Morgan fingerprint density at radius 1 is 1.27 bits per heavy atom. The second kappa shape index (κ2) is 5.44. The van der Waals surface area contributed by atoms with E-state index in [1.807, 2.05) is 0 Å². The van der Waals surface area contributed by atoms with Crippen LogP contribution in [0.1, 0.15) is 10.4 Å². The van der Waals surface area contributed by atoms with Gasteiger partial charge in [0, 0.05) is 18.4 Å². The van der Waals surface area contributed by atoms with Crippen LogP contribution >= 0.6 is 0 Å². The molecule has 1 rings (SSSR count). The van der Waals surface area contributed by atoms with Crippen molar-refractivity contribution >= 4 is 12.0 Å². The topological polar surface area (TPSA) is 63.3 Å². The standard InChI is InChI=1S/C7H7NO.CH4O/c8-7-3-1-6(5-9)2-4-7;1-2/h1-5H,8H2;2H,1H3. The third-order valence-electron chi connectivity index (χ3n) is 1.07. The Morgan fingerprint density at radius 2 is 1.73 bits per heavy atom. The van der Waals surface area contributed by atoms with Gasteiger partial charge in [0.05, 0.1) is 0 Å². The van der Waals surface area contributed by atoms with Crippen molar-refractivity contribution in [2.75, 3.05) is 12.8 Å². The van der Waals surface area contributed by atoms with Crippen molar-refractivity contribution in [3.63, 3.8) is 0 Å². The second-order valence-corrected chi connectivity index (χ2v) is 1.78. The van der Waals surface area contributed by atoms with E-state index < -0.39 is 0 Å². The second-order valence-electron chi connectivity index (χ2n) is 1.78. The van der Waals surface area contributed by atoms with Gasteiger partial charge in [0.25, 0.3) is 0 Å². The minimum Gasteiger partial charge on any atom is -0.400 e. The monoisotopic (exact) mass is 153 g/mol. The van der Waals surface area contributed by atoms with Crippen molar-refractivity contribution in [3.05, 3.63) is 29.8 Å². The number of anilines is 1. The molecule has 0 bridgehead atoms. The molecule has 0 unspecified atom stereocenters. The van der Waals surface area contributed by atoms with Crippen LogP contribution in [0.5, 0.6) is 0 Å². The quantitative estimate of drug-likeness (QED) is 0.461. The summed E-state index contributed by atoms with van der Waals surface area (Å²) in [7, 11) is 1.00. The molecule has 0 aliphatic rings. The molecule has 60 valence electrons. The summed E-state index contributed by atoms with van der Waals surface area (Å²) >= 11 is 0. The first kappa shape index (κ1) is 9.65. The third-order valence-corrected chi connectivity index (χ3v) is 1.07. The van der Waals surface area contributed by atoms with Crippen LogP contribution in [-0.4, -0.2) is 18.5 Å². The zero-order valence-electron chi connectivity index (χ0n) is 6.32. The number of hydrogen-bond donors (Lipinski definition) is 2. The summed E-state index contributed by atoms with van der Waals surface area (Å²) in [6.45, 7) is 0. The van der Waals surface area contributed by atoms with Gasteiger partial charge in [-0.15, -0.1) is 0 Å². The Morgan fingerprint density at radius 3 is 2.09 bits per heavy atom. The fourth-order valence-corrected chi connectivity index (χ4v) is 0.575. The summed E-state index contributed by atoms with van der Waals surface area (Å²) in [6.07, 6.45) is 0.791. The lowest BCUT2D eigenvalue weighted by molar-refractivity contribution is 0.112. The SMILES string of the molecule is CO.Nc1ccc(C=O)cc1. The van der Waals surface area contributed by atoms with E-state index in [1.165, 1.54) is 0 Å². The van der Waals surface area contributed by atoms with Crippen LogP contribution in [-0.2, 0) is 0 Å². The Bertz CT molecular complexity index is 206. The van der Waals surface area contributed by atoms with Gasteiger partial charge in [-0.1, -0.05) is 0 Å². The predicted octanol–water partition coefficient (Wildman–Crippen LogP) is 0.690. The number of carbonyl (C=O) groups is 1. The molecule has 0 amide bonds. The number of carbonyl (C=O) groups excluding carboxylic acids is 1. The zero-order valence-corrected chi connectivity index (χ0v) is 6.32. The molecule has 0 aliphatic heterocycles. The summed E-state index contributed by atoms with van der Waals surface area (Å²) in [6, 6.07) is 6.76. The van der Waals surface area contributed by atoms with Crippen LogP contribution in [0.15, 0.2) is 24.3 Å². The van der Waals surface area contributed by atoms with Crippen LogP contribution in [0.3, 0.4) is 0 Å². The van der Waals surface area contributed by atoms with Crippen molar-refractivity contribution in [2.24, 2.45) is 0 Å². The molecule has 0 atom stereocenters. The zero-order chi connectivity index (χ0) is 8.69. The molecule has 0 saturated heterocycles. The molecule has 0 saturated carbocycles. The smallest absolute Gasteiger partial charge is 0.150 e. The molecule has 0 aliphatic carbocycles. The maximum atomic E-state index is 10.1. The summed E-state index contributed by atoms with van der Waals surface area (Å²) in [5.74, 6) is 0. The molecule has 0 spiro atoms. The van der Waals surface area contributed by atoms with Crippen LogP contribution < -0.4 is 5.73 Å². The first-order valence-electron chi connectivity index (χ1n) is 3.08. The maximum absolute atomic E-state index is 10.1. The van der Waals surface area contributed by atoms with Crippen molar-refractivity contribution in [1.29, 1.82) is 0 Å². The van der Waals surface area contributed by atoms with Gasteiger partial charge in [-0.3, -0.25) is 4.79 Å². The number of nitrogen functional groups attached to an aromatic ring is 1. The molecule has 3 heteroatoms. The van der Waals surface area contributed by atoms with Crippen molar-refractivity contribution < 1.29 is 9.90 Å². The fraction of sp³-hybridized carbons (Fsp3) is 0.125. The Hall–Kier alpha value is -1.35. The largest absolute Gasteiger partial charge is 0.400 e. The third kappa shape index (κ3) is 3.37. The number of hydrogen-bond acceptors (Lipinski definition) is 3. The van der Waals surface area contributed by atoms with Gasteiger partial charge >= 0.3 is 0 Å². The van der Waals surface area contributed by atoms with E-state index in [2.05, 4.69) is 0 Å². The minimum absolute atomic E-state index is 0.657. The first-order chi connectivity index (χ1) is 5.33. The molecule has 0 fully saturated rings. The molecule has 1 aromatic carbocycles. The van der Waals surface area contributed by atoms with Crippen LogP contribution in [0.4, 0.5) is 5.69 Å². The fourth-order valence-electron chi connectivity index (χ4n) is 0.575. The molecule has 0 aromatic heterocycles. The number of aliphatic hydroxyl groups excluding tert-OH is 1. The summed E-state index contributed by atoms with van der Waals surface area (Å²) in [4.78, 5) is 10.1. The molecule has 3 nitrogen and oxygen atoms in total. The van der Waals surface area contributed by atoms with Gasteiger partial charge in [-0.2, -0.15) is 0 Å². The van der Waals surface area contributed by atoms with Crippen LogP contribution in [0, 0.1) is 0 Å². The molecule has 1 aromatic rings. The lowest BCUT2D eigenvalue weighted by Crippen LogP contribution is -1.84. The van der Waals surface area contributed by atoms with Crippen molar-refractivity contribution in [2.45, 2.75) is 0 Å². The lowest BCUT2D eigenvalue weighted by atomic mass is 10.2. The average Bonchev–Trinajstić information content (AvgIpc) is 2.10. The Balaban J connectivity index is 0.000000461. The van der Waals surface area contributed by atoms with Gasteiger partial charge in [-0.05, 0) is 24.3 Å². The van der Waals surface area contributed by atoms with Crippen LogP contribution in [0.25, 0.3) is 0 Å². The van der Waals surface area contributed by atoms with Gasteiger partial charge in [0.2, 0.25) is 0 Å². The minimum atomic E-state index is 0.657. The van der Waals surface area contributed by atoms with Gasteiger partial charge < -0.3 is 10.8 Å². The average molecular weight is 153 g/mol. The Labute approximate surface area is 65.5 Å². The summed E-state index contributed by atoms with van der Waals surface area (Å²) in [5, 5.41) is 7.00. The number of aldehydes is 1. The lowest BCUT2D eigenvalue weighted by Gasteiger charge is -1.89. The molecule has 3 N–H and O–H groups in total. The van der Waals surface area contributed by atoms with E-state index >= 15 is 0 Å². The maximum Gasteiger partial charge on any atom is 0.150 e. The van der Waals surface area contributed by atoms with Crippen molar-refractivity contribution in [3.8, 4) is 0 Å². The normalized spacial score (nSPS) is 7.82. The summed E-state index contributed by atoms with van der Waals surface area (Å²) in [5.41, 5.74) is 6.70.